The first-order valence-corrected chi connectivity index (χ1v) is 13.2. The number of Topliss-reactive ketones (excluding diaryl/α,β-unsaturated/α-hetero) is 1. The number of hydrogen-bond donors (Lipinski definition) is 0. The van der Waals surface area contributed by atoms with Gasteiger partial charge in [0.2, 0.25) is 5.78 Å². The minimum atomic E-state index is -4.04. The highest BCUT2D eigenvalue weighted by molar-refractivity contribution is 7.93. The molecule has 3 aromatic rings. The van der Waals surface area contributed by atoms with Crippen LogP contribution < -0.4 is 9.04 Å². The van der Waals surface area contributed by atoms with Crippen LogP contribution in [0.15, 0.2) is 65.6 Å². The molecular formula is C28H29NO6S. The van der Waals surface area contributed by atoms with Gasteiger partial charge in [0.1, 0.15) is 10.6 Å². The minimum Gasteiger partial charge on any atom is -0.495 e. The number of anilines is 1. The fourth-order valence-corrected chi connectivity index (χ4v) is 6.01. The Morgan fingerprint density at radius 2 is 1.67 bits per heavy atom. The van der Waals surface area contributed by atoms with E-state index in [2.05, 4.69) is 0 Å². The number of ketones is 1. The first-order valence-electron chi connectivity index (χ1n) is 11.7. The molecule has 0 spiro atoms. The van der Waals surface area contributed by atoms with Crippen molar-refractivity contribution in [3.63, 3.8) is 0 Å². The van der Waals surface area contributed by atoms with Gasteiger partial charge in [0.15, 0.2) is 6.10 Å². The lowest BCUT2D eigenvalue weighted by atomic mass is 10.0. The maximum Gasteiger partial charge on any atom is 0.338 e. The number of carbonyl (C=O) groups excluding carboxylic acids is 2. The number of methoxy groups -OCH3 is 1. The largest absolute Gasteiger partial charge is 0.495 e. The maximum atomic E-state index is 13.7. The van der Waals surface area contributed by atoms with Crippen LogP contribution in [0.5, 0.6) is 5.75 Å². The topological polar surface area (TPSA) is 90.0 Å². The molecule has 1 aliphatic rings. The van der Waals surface area contributed by atoms with Crippen molar-refractivity contribution in [3.8, 4) is 5.75 Å². The molecule has 3 aromatic carbocycles. The Bertz CT molecular complexity index is 1430. The highest BCUT2D eigenvalue weighted by Gasteiger charge is 2.32. The summed E-state index contributed by atoms with van der Waals surface area (Å²) >= 11 is 0. The molecule has 8 heteroatoms. The zero-order chi connectivity index (χ0) is 26.0. The molecule has 4 rings (SSSR count). The van der Waals surface area contributed by atoms with E-state index in [1.807, 2.05) is 32.0 Å². The molecule has 0 aromatic heterocycles. The summed E-state index contributed by atoms with van der Waals surface area (Å²) < 4.78 is 39.5. The van der Waals surface area contributed by atoms with Crippen LogP contribution in [0, 0.1) is 13.8 Å². The van der Waals surface area contributed by atoms with Crippen molar-refractivity contribution in [2.24, 2.45) is 0 Å². The first-order chi connectivity index (χ1) is 17.1. The number of rotatable bonds is 7. The van der Waals surface area contributed by atoms with E-state index in [4.69, 9.17) is 9.47 Å². The monoisotopic (exact) mass is 507 g/mol. The molecule has 0 fully saturated rings. The Morgan fingerprint density at radius 3 is 2.39 bits per heavy atom. The van der Waals surface area contributed by atoms with Gasteiger partial charge in [0.05, 0.1) is 18.4 Å². The summed E-state index contributed by atoms with van der Waals surface area (Å²) in [6.07, 6.45) is 0.423. The van der Waals surface area contributed by atoms with Crippen LogP contribution in [0.2, 0.25) is 0 Å². The predicted molar refractivity (Wildman–Crippen MR) is 137 cm³/mol. The van der Waals surface area contributed by atoms with Gasteiger partial charge in [-0.05, 0) is 80.6 Å². The summed E-state index contributed by atoms with van der Waals surface area (Å²) in [5.74, 6) is -1.01. The summed E-state index contributed by atoms with van der Waals surface area (Å²) in [6, 6.07) is 16.8. The van der Waals surface area contributed by atoms with Crippen molar-refractivity contribution < 1.29 is 27.5 Å². The summed E-state index contributed by atoms with van der Waals surface area (Å²) in [5, 5.41) is 0. The Kier molecular flexibility index (Phi) is 7.17. The highest BCUT2D eigenvalue weighted by Crippen LogP contribution is 2.35. The fourth-order valence-electron chi connectivity index (χ4n) is 4.28. The number of sulfonamides is 1. The van der Waals surface area contributed by atoms with Crippen molar-refractivity contribution in [2.45, 2.75) is 44.6 Å². The van der Waals surface area contributed by atoms with E-state index in [0.29, 0.717) is 24.2 Å². The molecule has 1 atom stereocenters. The van der Waals surface area contributed by atoms with E-state index in [1.165, 1.54) is 36.5 Å². The molecule has 7 nitrogen and oxygen atoms in total. The van der Waals surface area contributed by atoms with Gasteiger partial charge in [-0.25, -0.2) is 13.2 Å². The van der Waals surface area contributed by atoms with Gasteiger partial charge in [-0.3, -0.25) is 9.10 Å². The number of esters is 1. The Morgan fingerprint density at radius 1 is 0.944 bits per heavy atom. The van der Waals surface area contributed by atoms with Crippen LogP contribution >= 0.6 is 0 Å². The van der Waals surface area contributed by atoms with Crippen LogP contribution in [-0.4, -0.2) is 39.9 Å². The number of ether oxygens (including phenoxy) is 2. The molecule has 1 aliphatic heterocycles. The predicted octanol–water partition coefficient (Wildman–Crippen LogP) is 4.88. The second-order valence-corrected chi connectivity index (χ2v) is 10.7. The number of fused-ring (bicyclic) bond motifs is 1. The molecule has 1 heterocycles. The standard InChI is InChI=1S/C28H29NO6S/c1-18-11-12-22(16-19(18)2)27(30)20(3)35-28(31)23-13-14-25(34-4)26(17-23)36(32,33)29-15-7-9-21-8-5-6-10-24(21)29/h5-6,8,10-14,16-17,20H,7,9,15H2,1-4H3/t20-/m0/s1. The van der Waals surface area contributed by atoms with Gasteiger partial charge < -0.3 is 9.47 Å². The number of hydrogen-bond acceptors (Lipinski definition) is 6. The molecule has 0 aliphatic carbocycles. The molecule has 0 saturated carbocycles. The molecule has 0 amide bonds. The van der Waals surface area contributed by atoms with Crippen LogP contribution in [0.1, 0.15) is 50.8 Å². The first kappa shape index (κ1) is 25.4. The minimum absolute atomic E-state index is 0.0133. The Labute approximate surface area is 211 Å². The van der Waals surface area contributed by atoms with E-state index < -0.39 is 22.1 Å². The lowest BCUT2D eigenvalue weighted by Crippen LogP contribution is -2.35. The van der Waals surface area contributed by atoms with Crippen molar-refractivity contribution >= 4 is 27.5 Å². The SMILES string of the molecule is COc1ccc(C(=O)O[C@@H](C)C(=O)c2ccc(C)c(C)c2)cc1S(=O)(=O)N1CCCc2ccccc21. The summed E-state index contributed by atoms with van der Waals surface area (Å²) in [6.45, 7) is 5.67. The fraction of sp³-hybridized carbons (Fsp3) is 0.286. The van der Waals surface area contributed by atoms with Gasteiger partial charge in [-0.15, -0.1) is 0 Å². The van der Waals surface area contributed by atoms with Gasteiger partial charge in [-0.1, -0.05) is 30.3 Å². The van der Waals surface area contributed by atoms with E-state index in [9.17, 15) is 18.0 Å². The Hall–Kier alpha value is -3.65. The third-order valence-corrected chi connectivity index (χ3v) is 8.31. The summed E-state index contributed by atoms with van der Waals surface area (Å²) in [4.78, 5) is 25.6. The number of aryl methyl sites for hydroxylation is 3. The second-order valence-electron chi connectivity index (χ2n) is 8.89. The van der Waals surface area contributed by atoms with Gasteiger partial charge in [0.25, 0.3) is 10.0 Å². The molecule has 0 radical (unpaired) electrons. The zero-order valence-corrected chi connectivity index (χ0v) is 21.6. The molecule has 0 bridgehead atoms. The molecule has 0 unspecified atom stereocenters. The van der Waals surface area contributed by atoms with Crippen molar-refractivity contribution in [1.29, 1.82) is 0 Å². The number of para-hydroxylation sites is 1. The number of carbonyl (C=O) groups is 2. The van der Waals surface area contributed by atoms with Crippen LogP contribution in [0.25, 0.3) is 0 Å². The molecule has 0 N–H and O–H groups in total. The average molecular weight is 508 g/mol. The third-order valence-electron chi connectivity index (χ3n) is 6.48. The summed E-state index contributed by atoms with van der Waals surface area (Å²) in [5.41, 5.74) is 4.04. The lowest BCUT2D eigenvalue weighted by molar-refractivity contribution is 0.0318. The van der Waals surface area contributed by atoms with E-state index in [0.717, 1.165) is 23.1 Å². The van der Waals surface area contributed by atoms with Crippen molar-refractivity contribution in [1.82, 2.24) is 0 Å². The molecule has 188 valence electrons. The summed E-state index contributed by atoms with van der Waals surface area (Å²) in [7, 11) is -2.66. The smallest absolute Gasteiger partial charge is 0.338 e. The van der Waals surface area contributed by atoms with Crippen LogP contribution in [-0.2, 0) is 21.2 Å². The highest BCUT2D eigenvalue weighted by atomic mass is 32.2. The molecule has 36 heavy (non-hydrogen) atoms. The molecular weight excluding hydrogens is 478 g/mol. The Balaban J connectivity index is 1.62. The van der Waals surface area contributed by atoms with Gasteiger partial charge in [-0.2, -0.15) is 0 Å². The van der Waals surface area contributed by atoms with E-state index >= 15 is 0 Å². The normalized spacial score (nSPS) is 14.1. The van der Waals surface area contributed by atoms with Crippen LogP contribution in [0.3, 0.4) is 0 Å². The van der Waals surface area contributed by atoms with Crippen molar-refractivity contribution in [2.75, 3.05) is 18.0 Å². The van der Waals surface area contributed by atoms with E-state index in [1.54, 1.807) is 24.3 Å². The van der Waals surface area contributed by atoms with Gasteiger partial charge in [0, 0.05) is 12.1 Å². The van der Waals surface area contributed by atoms with Crippen LogP contribution in [0.4, 0.5) is 5.69 Å². The van der Waals surface area contributed by atoms with Crippen molar-refractivity contribution in [3.05, 3.63) is 88.5 Å². The third kappa shape index (κ3) is 4.86. The average Bonchev–Trinajstić information content (AvgIpc) is 2.88. The second kappa shape index (κ2) is 10.1. The maximum absolute atomic E-state index is 13.7. The van der Waals surface area contributed by atoms with Gasteiger partial charge >= 0.3 is 5.97 Å². The van der Waals surface area contributed by atoms with E-state index in [-0.39, 0.29) is 22.0 Å². The number of nitrogens with zero attached hydrogens (tertiary/aromatic N) is 1. The molecule has 0 saturated heterocycles. The quantitative estimate of drug-likeness (QED) is 0.334. The lowest BCUT2D eigenvalue weighted by Gasteiger charge is -2.31. The number of benzene rings is 3. The zero-order valence-electron chi connectivity index (χ0n) is 20.8.